The molecular weight excluding hydrogens is 480 g/mol. The Morgan fingerprint density at radius 3 is 2.22 bits per heavy atom. The second-order valence-electron chi connectivity index (χ2n) is 4.08. The molecule has 0 N–H and O–H groups in total. The molecule has 0 saturated carbocycles. The Hall–Kier alpha value is -0.200. The van der Waals surface area contributed by atoms with E-state index < -0.39 is 20.8 Å². The van der Waals surface area contributed by atoms with E-state index in [1.165, 1.54) is 22.9 Å². The predicted molar refractivity (Wildman–Crippen MR) is 90.4 cm³/mol. The van der Waals surface area contributed by atoms with Gasteiger partial charge in [-0.2, -0.15) is 5.26 Å². The molecule has 122 valence electrons. The third kappa shape index (κ3) is 3.74. The number of alkyl halides is 3. The van der Waals surface area contributed by atoms with Crippen LogP contribution in [0.5, 0.6) is 0 Å². The fourth-order valence-corrected chi connectivity index (χ4v) is 4.71. The second-order valence-corrected chi connectivity index (χ2v) is 8.24. The molecule has 0 fully saturated rings. The van der Waals surface area contributed by atoms with Gasteiger partial charge in [-0.1, -0.05) is 34.8 Å². The van der Waals surface area contributed by atoms with E-state index in [2.05, 4.69) is 15.9 Å². The van der Waals surface area contributed by atoms with Crippen LogP contribution >= 0.6 is 62.3 Å². The van der Waals surface area contributed by atoms with Crippen LogP contribution in [0.15, 0.2) is 27.8 Å². The highest BCUT2D eigenvalue weighted by Crippen LogP contribution is 2.42. The first-order valence-corrected chi connectivity index (χ1v) is 8.97. The van der Waals surface area contributed by atoms with Crippen molar-refractivity contribution in [3.05, 3.63) is 43.6 Å². The highest BCUT2D eigenvalue weighted by atomic mass is 79.9. The van der Waals surface area contributed by atoms with Gasteiger partial charge in [0, 0.05) is 22.8 Å². The standard InChI is InChI=1S/C12H3BrCl4F2N2OS/c13-11-10(23(22)12(17,18)19)5(3-20)4-21(11)9-7(15)1-6(14)2-8(9)16/h1-2,4H. The first-order chi connectivity index (χ1) is 10.6. The van der Waals surface area contributed by atoms with Gasteiger partial charge in [0.25, 0.3) is 0 Å². The predicted octanol–water partition coefficient (Wildman–Crippen LogP) is 5.97. The molecule has 3 nitrogen and oxygen atoms in total. The van der Waals surface area contributed by atoms with E-state index in [1.54, 1.807) is 6.07 Å². The van der Waals surface area contributed by atoms with E-state index in [9.17, 15) is 13.3 Å². The van der Waals surface area contributed by atoms with E-state index in [4.69, 9.17) is 51.7 Å². The minimum Gasteiger partial charge on any atom is -0.605 e. The van der Waals surface area contributed by atoms with Gasteiger partial charge < -0.3 is 9.12 Å². The average molecular weight is 483 g/mol. The lowest BCUT2D eigenvalue weighted by atomic mass is 10.3. The van der Waals surface area contributed by atoms with Gasteiger partial charge in [0.15, 0.2) is 0 Å². The van der Waals surface area contributed by atoms with Gasteiger partial charge in [-0.25, -0.2) is 0 Å². The molecule has 1 aromatic heterocycles. The van der Waals surface area contributed by atoms with E-state index in [0.717, 1.165) is 0 Å². The normalized spacial score (nSPS) is 13.0. The molecule has 0 aliphatic rings. The van der Waals surface area contributed by atoms with Gasteiger partial charge in [0.05, 0.1) is 26.9 Å². The maximum absolute atomic E-state index is 13.2. The summed E-state index contributed by atoms with van der Waals surface area (Å²) in [5.41, 5.74) is -0.0835. The molecule has 0 bridgehead atoms. The second kappa shape index (κ2) is 6.96. The van der Waals surface area contributed by atoms with Crippen molar-refractivity contribution < 1.29 is 13.3 Å². The summed E-state index contributed by atoms with van der Waals surface area (Å²) >= 11 is 22.8. The zero-order valence-electron chi connectivity index (χ0n) is 10.6. The summed E-state index contributed by atoms with van der Waals surface area (Å²) in [5.74, 6) is 0. The minimum atomic E-state index is -4.05. The molecule has 1 atom stereocenters. The fraction of sp³-hybridized carbons (Fsp3) is 0.0833. The maximum Gasteiger partial charge on any atom is 0.497 e. The van der Waals surface area contributed by atoms with Crippen LogP contribution in [-0.4, -0.2) is 13.8 Å². The first-order valence-electron chi connectivity index (χ1n) is 5.52. The topological polar surface area (TPSA) is 51.8 Å². The molecule has 23 heavy (non-hydrogen) atoms. The zero-order valence-corrected chi connectivity index (χ0v) is 16.0. The molecule has 0 spiro atoms. The van der Waals surface area contributed by atoms with Crippen molar-refractivity contribution in [1.82, 2.24) is 4.57 Å². The SMILES string of the molecule is N#Cc1cn(-c2c(Cl)cc(Cl)cc2Cl)c(Br)c1[S+]([O-])C(F)(F)Cl. The third-order valence-electron chi connectivity index (χ3n) is 2.64. The molecule has 0 amide bonds. The van der Waals surface area contributed by atoms with Crippen LogP contribution in [0.1, 0.15) is 5.56 Å². The lowest BCUT2D eigenvalue weighted by Gasteiger charge is -2.14. The summed E-state index contributed by atoms with van der Waals surface area (Å²) in [5, 5.41) is 9.59. The molecule has 0 aliphatic carbocycles. The van der Waals surface area contributed by atoms with Crippen molar-refractivity contribution in [2.75, 3.05) is 0 Å². The van der Waals surface area contributed by atoms with E-state index in [-0.39, 0.29) is 30.9 Å². The highest BCUT2D eigenvalue weighted by Gasteiger charge is 2.46. The number of rotatable bonds is 3. The summed E-state index contributed by atoms with van der Waals surface area (Å²) < 4.78 is 35.3. The van der Waals surface area contributed by atoms with Gasteiger partial charge in [-0.3, -0.25) is 0 Å². The Morgan fingerprint density at radius 1 is 1.26 bits per heavy atom. The van der Waals surface area contributed by atoms with Crippen LogP contribution < -0.4 is 0 Å². The van der Waals surface area contributed by atoms with Gasteiger partial charge in [0.2, 0.25) is 4.90 Å². The molecule has 0 aliphatic heterocycles. The highest BCUT2D eigenvalue weighted by molar-refractivity contribution is 9.10. The van der Waals surface area contributed by atoms with Gasteiger partial charge in [-0.05, 0) is 28.1 Å². The number of aromatic nitrogens is 1. The summed E-state index contributed by atoms with van der Waals surface area (Å²) in [4.78, 5) is -0.463. The fourth-order valence-electron chi connectivity index (χ4n) is 1.76. The van der Waals surface area contributed by atoms with Crippen molar-refractivity contribution in [1.29, 1.82) is 5.26 Å². The van der Waals surface area contributed by atoms with Crippen LogP contribution in [-0.2, 0) is 11.2 Å². The molecule has 1 heterocycles. The third-order valence-corrected chi connectivity index (χ3v) is 6.10. The average Bonchev–Trinajstić information content (AvgIpc) is 2.73. The summed E-state index contributed by atoms with van der Waals surface area (Å²) in [6.45, 7) is 0. The number of nitrogens with zero attached hydrogens (tertiary/aromatic N) is 2. The van der Waals surface area contributed by atoms with Crippen LogP contribution in [0.3, 0.4) is 0 Å². The lowest BCUT2D eigenvalue weighted by molar-refractivity contribution is 0.187. The minimum absolute atomic E-state index is 0.0844. The van der Waals surface area contributed by atoms with Crippen molar-refractivity contribution in [2.45, 2.75) is 9.61 Å². The molecule has 1 unspecified atom stereocenters. The monoisotopic (exact) mass is 480 g/mol. The van der Waals surface area contributed by atoms with Crippen LogP contribution in [0, 0.1) is 11.3 Å². The molecular formula is C12H3BrCl4F2N2OS. The Labute approximate surface area is 161 Å². The van der Waals surface area contributed by atoms with Crippen molar-refractivity contribution in [3.63, 3.8) is 0 Å². The molecule has 0 saturated heterocycles. The van der Waals surface area contributed by atoms with Crippen LogP contribution in [0.4, 0.5) is 8.78 Å². The molecule has 2 aromatic rings. The number of nitriles is 1. The summed E-state index contributed by atoms with van der Waals surface area (Å²) in [6.07, 6.45) is 1.17. The van der Waals surface area contributed by atoms with Gasteiger partial charge >= 0.3 is 4.71 Å². The van der Waals surface area contributed by atoms with E-state index in [0.29, 0.717) is 0 Å². The summed E-state index contributed by atoms with van der Waals surface area (Å²) in [6, 6.07) is 4.45. The maximum atomic E-state index is 13.2. The smallest absolute Gasteiger partial charge is 0.497 e. The van der Waals surface area contributed by atoms with Crippen molar-refractivity contribution in [3.8, 4) is 11.8 Å². The number of hydrogen-bond donors (Lipinski definition) is 0. The van der Waals surface area contributed by atoms with Crippen LogP contribution in [0.2, 0.25) is 15.1 Å². The largest absolute Gasteiger partial charge is 0.605 e. The van der Waals surface area contributed by atoms with Gasteiger partial charge in [-0.15, -0.1) is 8.78 Å². The van der Waals surface area contributed by atoms with E-state index in [1.807, 2.05) is 0 Å². The Bertz CT molecular complexity index is 796. The van der Waals surface area contributed by atoms with Crippen LogP contribution in [0.25, 0.3) is 5.69 Å². The first kappa shape index (κ1) is 19.1. The lowest BCUT2D eigenvalue weighted by Crippen LogP contribution is -2.22. The zero-order chi connectivity index (χ0) is 17.5. The number of hydrogen-bond acceptors (Lipinski definition) is 2. The molecule has 11 heteroatoms. The summed E-state index contributed by atoms with van der Waals surface area (Å²) in [7, 11) is 0. The number of benzene rings is 1. The van der Waals surface area contributed by atoms with E-state index >= 15 is 0 Å². The quantitative estimate of drug-likeness (QED) is 0.400. The molecule has 0 radical (unpaired) electrons. The van der Waals surface area contributed by atoms with Gasteiger partial charge in [0.1, 0.15) is 16.2 Å². The molecule has 1 aromatic carbocycles. The van der Waals surface area contributed by atoms with Crippen molar-refractivity contribution >= 4 is 73.5 Å². The number of halogens is 7. The van der Waals surface area contributed by atoms with Crippen molar-refractivity contribution in [2.24, 2.45) is 0 Å². The molecule has 2 rings (SSSR count). The Morgan fingerprint density at radius 2 is 1.78 bits per heavy atom. The Balaban J connectivity index is 2.74. The Kier molecular flexibility index (Phi) is 5.79.